The van der Waals surface area contributed by atoms with Crippen molar-refractivity contribution in [1.82, 2.24) is 9.78 Å². The molecule has 0 radical (unpaired) electrons. The normalized spacial score (nSPS) is 11.3. The van der Waals surface area contributed by atoms with Gasteiger partial charge in [-0.15, -0.1) is 0 Å². The molecule has 0 fully saturated rings. The molecule has 19 heavy (non-hydrogen) atoms. The maximum atomic E-state index is 11.9. The zero-order chi connectivity index (χ0) is 13.9. The highest BCUT2D eigenvalue weighted by Gasteiger charge is 2.17. The minimum Gasteiger partial charge on any atom is -0.460 e. The smallest absolute Gasteiger partial charge is 0.310 e. The maximum absolute atomic E-state index is 11.9. The number of carbonyl (C=O) groups is 1. The zero-order valence-electron chi connectivity index (χ0n) is 11.5. The number of carbonyl (C=O) groups excluding carboxylic acids is 1. The Morgan fingerprint density at radius 2 is 2.00 bits per heavy atom. The first-order chi connectivity index (χ1) is 8.96. The minimum atomic E-state index is -0.461. The second-order valence-corrected chi connectivity index (χ2v) is 5.34. The molecule has 0 amide bonds. The van der Waals surface area contributed by atoms with E-state index in [4.69, 9.17) is 4.74 Å². The average molecular weight is 258 g/mol. The van der Waals surface area contributed by atoms with Crippen LogP contribution in [-0.4, -0.2) is 21.4 Å². The maximum Gasteiger partial charge on any atom is 0.310 e. The van der Waals surface area contributed by atoms with Crippen molar-refractivity contribution in [3.63, 3.8) is 0 Å². The van der Waals surface area contributed by atoms with E-state index in [-0.39, 0.29) is 12.4 Å². The van der Waals surface area contributed by atoms with Crippen LogP contribution in [0, 0.1) is 0 Å². The summed E-state index contributed by atoms with van der Waals surface area (Å²) in [7, 11) is 0. The molecular formula is C15H18N2O2. The summed E-state index contributed by atoms with van der Waals surface area (Å²) in [6.45, 7) is 5.60. The van der Waals surface area contributed by atoms with E-state index in [1.54, 1.807) is 10.9 Å². The number of hydrogen-bond acceptors (Lipinski definition) is 3. The van der Waals surface area contributed by atoms with Gasteiger partial charge in [-0.3, -0.25) is 4.79 Å². The van der Waals surface area contributed by atoms with Crippen LogP contribution >= 0.6 is 0 Å². The van der Waals surface area contributed by atoms with Crippen molar-refractivity contribution in [3.05, 3.63) is 48.3 Å². The van der Waals surface area contributed by atoms with Gasteiger partial charge in [0, 0.05) is 12.4 Å². The van der Waals surface area contributed by atoms with Crippen LogP contribution in [0.3, 0.4) is 0 Å². The predicted octanol–water partition coefficient (Wildman–Crippen LogP) is 2.76. The Balaban J connectivity index is 2.20. The van der Waals surface area contributed by atoms with Crippen LogP contribution in [-0.2, 0) is 16.0 Å². The molecule has 1 aromatic heterocycles. The third kappa shape index (κ3) is 3.68. The van der Waals surface area contributed by atoms with Gasteiger partial charge in [-0.1, -0.05) is 18.2 Å². The number of ether oxygens (including phenoxy) is 1. The van der Waals surface area contributed by atoms with Gasteiger partial charge >= 0.3 is 5.97 Å². The number of para-hydroxylation sites is 1. The van der Waals surface area contributed by atoms with Gasteiger partial charge in [-0.05, 0) is 38.5 Å². The number of hydrogen-bond donors (Lipinski definition) is 0. The van der Waals surface area contributed by atoms with Crippen molar-refractivity contribution in [2.75, 3.05) is 0 Å². The summed E-state index contributed by atoms with van der Waals surface area (Å²) in [6.07, 6.45) is 3.81. The third-order valence-corrected chi connectivity index (χ3v) is 2.50. The number of rotatable bonds is 3. The third-order valence-electron chi connectivity index (χ3n) is 2.50. The highest BCUT2D eigenvalue weighted by molar-refractivity contribution is 5.74. The lowest BCUT2D eigenvalue weighted by Gasteiger charge is -2.20. The lowest BCUT2D eigenvalue weighted by Crippen LogP contribution is -2.25. The van der Waals surface area contributed by atoms with Gasteiger partial charge in [-0.2, -0.15) is 5.10 Å². The Hall–Kier alpha value is -2.10. The van der Waals surface area contributed by atoms with Crippen LogP contribution in [0.15, 0.2) is 42.7 Å². The van der Waals surface area contributed by atoms with Crippen LogP contribution in [0.5, 0.6) is 0 Å². The van der Waals surface area contributed by atoms with Gasteiger partial charge < -0.3 is 4.74 Å². The van der Waals surface area contributed by atoms with Crippen LogP contribution in [0.4, 0.5) is 0 Å². The summed E-state index contributed by atoms with van der Waals surface area (Å²) in [5, 5.41) is 4.19. The Labute approximate surface area is 113 Å². The Kier molecular flexibility index (Phi) is 3.69. The molecule has 2 rings (SSSR count). The Morgan fingerprint density at radius 1 is 1.26 bits per heavy atom. The van der Waals surface area contributed by atoms with Crippen molar-refractivity contribution >= 4 is 5.97 Å². The first-order valence-corrected chi connectivity index (χ1v) is 6.25. The average Bonchev–Trinajstić information content (AvgIpc) is 2.80. The number of nitrogens with zero attached hydrogens (tertiary/aromatic N) is 2. The van der Waals surface area contributed by atoms with E-state index < -0.39 is 5.60 Å². The second kappa shape index (κ2) is 5.26. The molecule has 4 heteroatoms. The van der Waals surface area contributed by atoms with Crippen molar-refractivity contribution in [2.24, 2.45) is 0 Å². The van der Waals surface area contributed by atoms with Gasteiger partial charge in [0.05, 0.1) is 12.1 Å². The highest BCUT2D eigenvalue weighted by Crippen LogP contribution is 2.16. The molecule has 0 spiro atoms. The molecule has 1 aromatic carbocycles. The molecular weight excluding hydrogens is 240 g/mol. The molecule has 0 bridgehead atoms. The summed E-state index contributed by atoms with van der Waals surface area (Å²) >= 11 is 0. The standard InChI is InChI=1S/C15H18N2O2/c1-15(2,3)19-14(18)11-12-7-4-5-8-13(12)17-10-6-9-16-17/h4-10H,11H2,1-3H3. The molecule has 0 aliphatic heterocycles. The molecule has 0 saturated heterocycles. The van der Waals surface area contributed by atoms with Crippen LogP contribution in [0.2, 0.25) is 0 Å². The summed E-state index contributed by atoms with van der Waals surface area (Å²) < 4.78 is 7.10. The van der Waals surface area contributed by atoms with Crippen LogP contribution < -0.4 is 0 Å². The summed E-state index contributed by atoms with van der Waals surface area (Å²) in [4.78, 5) is 11.9. The van der Waals surface area contributed by atoms with Gasteiger partial charge in [0.15, 0.2) is 0 Å². The quantitative estimate of drug-likeness (QED) is 0.795. The zero-order valence-corrected chi connectivity index (χ0v) is 11.5. The highest BCUT2D eigenvalue weighted by atomic mass is 16.6. The first kappa shape index (κ1) is 13.3. The van der Waals surface area contributed by atoms with Crippen molar-refractivity contribution in [3.8, 4) is 5.69 Å². The molecule has 0 aliphatic carbocycles. The molecule has 0 unspecified atom stereocenters. The van der Waals surface area contributed by atoms with Gasteiger partial charge in [0.25, 0.3) is 0 Å². The molecule has 2 aromatic rings. The topological polar surface area (TPSA) is 44.1 Å². The Morgan fingerprint density at radius 3 is 2.63 bits per heavy atom. The van der Waals surface area contributed by atoms with Gasteiger partial charge in [0.1, 0.15) is 5.60 Å². The largest absolute Gasteiger partial charge is 0.460 e. The van der Waals surface area contributed by atoms with Crippen molar-refractivity contribution < 1.29 is 9.53 Å². The number of esters is 1. The molecule has 1 heterocycles. The number of benzene rings is 1. The molecule has 100 valence electrons. The van der Waals surface area contributed by atoms with E-state index in [1.165, 1.54) is 0 Å². The van der Waals surface area contributed by atoms with E-state index >= 15 is 0 Å². The first-order valence-electron chi connectivity index (χ1n) is 6.25. The van der Waals surface area contributed by atoms with E-state index in [0.29, 0.717) is 0 Å². The Bertz CT molecular complexity index is 554. The van der Waals surface area contributed by atoms with E-state index in [0.717, 1.165) is 11.3 Å². The van der Waals surface area contributed by atoms with Crippen LogP contribution in [0.25, 0.3) is 5.69 Å². The fourth-order valence-electron chi connectivity index (χ4n) is 1.83. The van der Waals surface area contributed by atoms with Gasteiger partial charge in [0.2, 0.25) is 0 Å². The molecule has 0 atom stereocenters. The van der Waals surface area contributed by atoms with Crippen LogP contribution in [0.1, 0.15) is 26.3 Å². The number of aromatic nitrogens is 2. The SMILES string of the molecule is CC(C)(C)OC(=O)Cc1ccccc1-n1cccn1. The lowest BCUT2D eigenvalue weighted by atomic mass is 10.1. The monoisotopic (exact) mass is 258 g/mol. The van der Waals surface area contributed by atoms with E-state index in [9.17, 15) is 4.79 Å². The van der Waals surface area contributed by atoms with Crippen molar-refractivity contribution in [1.29, 1.82) is 0 Å². The summed E-state index contributed by atoms with van der Waals surface area (Å²) in [5.74, 6) is -0.230. The molecule has 4 nitrogen and oxygen atoms in total. The second-order valence-electron chi connectivity index (χ2n) is 5.34. The molecule has 0 saturated carbocycles. The predicted molar refractivity (Wildman–Crippen MR) is 73.1 cm³/mol. The lowest BCUT2D eigenvalue weighted by molar-refractivity contribution is -0.153. The summed E-state index contributed by atoms with van der Waals surface area (Å²) in [6, 6.07) is 9.54. The molecule has 0 aliphatic rings. The van der Waals surface area contributed by atoms with Gasteiger partial charge in [-0.25, -0.2) is 4.68 Å². The fraction of sp³-hybridized carbons (Fsp3) is 0.333. The minimum absolute atomic E-state index is 0.230. The van der Waals surface area contributed by atoms with E-state index in [1.807, 2.05) is 57.3 Å². The molecule has 0 N–H and O–H groups in total. The fourth-order valence-corrected chi connectivity index (χ4v) is 1.83. The van der Waals surface area contributed by atoms with Crippen molar-refractivity contribution in [2.45, 2.75) is 32.8 Å². The summed E-state index contributed by atoms with van der Waals surface area (Å²) in [5.41, 5.74) is 1.34. The van der Waals surface area contributed by atoms with E-state index in [2.05, 4.69) is 5.10 Å².